The van der Waals surface area contributed by atoms with Crippen molar-refractivity contribution >= 4 is 21.8 Å². The summed E-state index contributed by atoms with van der Waals surface area (Å²) in [5.41, 5.74) is 12.1. The van der Waals surface area contributed by atoms with Crippen LogP contribution in [0.4, 0.5) is 0 Å². The molecule has 6 aromatic carbocycles. The molecule has 3 aromatic heterocycles. The molecule has 3 heterocycles. The van der Waals surface area contributed by atoms with Gasteiger partial charge in [-0.3, -0.25) is 13.7 Å². The fourth-order valence-corrected chi connectivity index (χ4v) is 9.77. The van der Waals surface area contributed by atoms with Gasteiger partial charge in [0.05, 0.1) is 33.8 Å². The quantitative estimate of drug-likeness (QED) is 0.107. The highest BCUT2D eigenvalue weighted by molar-refractivity contribution is 6.10. The summed E-state index contributed by atoms with van der Waals surface area (Å²) in [4.78, 5) is 4.99. The Labute approximate surface area is 398 Å². The van der Waals surface area contributed by atoms with Gasteiger partial charge in [0.25, 0.3) is 6.33 Å². The first kappa shape index (κ1) is 45.4. The van der Waals surface area contributed by atoms with Gasteiger partial charge in [0.15, 0.2) is 0 Å². The molecule has 5 heteroatoms. The van der Waals surface area contributed by atoms with Crippen molar-refractivity contribution in [1.29, 1.82) is 0 Å². The Kier molecular flexibility index (Phi) is 11.2. The van der Waals surface area contributed by atoms with Gasteiger partial charge in [0.2, 0.25) is 0 Å². The molecule has 0 unspecified atom stereocenters. The van der Waals surface area contributed by atoms with Crippen LogP contribution in [0, 0.1) is 6.33 Å². The lowest BCUT2D eigenvalue weighted by molar-refractivity contribution is -0.611. The van der Waals surface area contributed by atoms with Crippen LogP contribution >= 0.6 is 0 Å². The van der Waals surface area contributed by atoms with E-state index in [9.17, 15) is 0 Å². The van der Waals surface area contributed by atoms with E-state index in [0.717, 1.165) is 45.1 Å². The normalized spacial score (nSPS) is 12.9. The molecule has 0 bridgehead atoms. The second-order valence-electron chi connectivity index (χ2n) is 22.5. The lowest BCUT2D eigenvalue weighted by atomic mass is 9.78. The van der Waals surface area contributed by atoms with Gasteiger partial charge in [0, 0.05) is 33.9 Å². The standard InChI is InChI=1S/C62H66N4O/c1-58(2,3)44-34-35-63-55(38-44)66-53-33-30-46(62(12,13)43-24-18-15-19-25-43)37-52(53)51-32-31-50(40-54(51)66)67-49-29-21-28-48(39-49)65-41-64(56(59(4,5)6)57(65)60(7,8)9)47-27-20-26-45(36-47)61(10,11)42-22-16-14-17-23-42/h14-40H,1-13H3. The van der Waals surface area contributed by atoms with Crippen molar-refractivity contribution < 1.29 is 9.30 Å². The summed E-state index contributed by atoms with van der Waals surface area (Å²) in [6.45, 7) is 29.8. The second-order valence-corrected chi connectivity index (χ2v) is 22.5. The highest BCUT2D eigenvalue weighted by Gasteiger charge is 2.35. The number of nitrogens with zero attached hydrogens (tertiary/aromatic N) is 4. The largest absolute Gasteiger partial charge is 0.458 e. The molecule has 0 spiro atoms. The van der Waals surface area contributed by atoms with Crippen molar-refractivity contribution in [3.8, 4) is 28.7 Å². The maximum Gasteiger partial charge on any atom is 0.269 e. The van der Waals surface area contributed by atoms with Gasteiger partial charge in [0.1, 0.15) is 17.3 Å². The fourth-order valence-electron chi connectivity index (χ4n) is 9.77. The summed E-state index contributed by atoms with van der Waals surface area (Å²) < 4.78 is 13.7. The number of aromatic nitrogens is 4. The Morgan fingerprint density at radius 1 is 0.463 bits per heavy atom. The minimum absolute atomic E-state index is 0.0388. The van der Waals surface area contributed by atoms with Gasteiger partial charge in [-0.15, -0.1) is 0 Å². The smallest absolute Gasteiger partial charge is 0.269 e. The topological polar surface area (TPSA) is 35.9 Å². The molecule has 9 aromatic rings. The van der Waals surface area contributed by atoms with Gasteiger partial charge < -0.3 is 4.74 Å². The molecule has 0 radical (unpaired) electrons. The Hall–Kier alpha value is -6.72. The van der Waals surface area contributed by atoms with Crippen molar-refractivity contribution in [3.05, 3.63) is 209 Å². The van der Waals surface area contributed by atoms with Crippen LogP contribution in [0.1, 0.15) is 129 Å². The summed E-state index contributed by atoms with van der Waals surface area (Å²) in [6.07, 6.45) is 5.82. The Balaban J connectivity index is 1.16. The Bertz CT molecular complexity index is 3250. The molecule has 5 nitrogen and oxygen atoms in total. The summed E-state index contributed by atoms with van der Waals surface area (Å²) in [5.74, 6) is 2.38. The first-order valence-electron chi connectivity index (χ1n) is 23.8. The van der Waals surface area contributed by atoms with Gasteiger partial charge in [-0.25, -0.2) is 4.98 Å². The molecule has 0 saturated heterocycles. The van der Waals surface area contributed by atoms with Crippen LogP contribution in [0.3, 0.4) is 0 Å². The van der Waals surface area contributed by atoms with Gasteiger partial charge in [-0.05, 0) is 111 Å². The number of hydrogen-bond acceptors (Lipinski definition) is 2. The molecule has 67 heavy (non-hydrogen) atoms. The number of rotatable bonds is 9. The van der Waals surface area contributed by atoms with Crippen molar-refractivity contribution in [1.82, 2.24) is 14.1 Å². The molecule has 0 aliphatic heterocycles. The molecule has 0 atom stereocenters. The summed E-state index contributed by atoms with van der Waals surface area (Å²) in [7, 11) is 0. The van der Waals surface area contributed by atoms with Crippen LogP contribution in [0.15, 0.2) is 164 Å². The number of hydrogen-bond donors (Lipinski definition) is 0. The van der Waals surface area contributed by atoms with Crippen molar-refractivity contribution in [2.45, 2.75) is 117 Å². The van der Waals surface area contributed by atoms with E-state index in [4.69, 9.17) is 9.72 Å². The van der Waals surface area contributed by atoms with Crippen molar-refractivity contribution in [3.63, 3.8) is 0 Å². The third-order valence-corrected chi connectivity index (χ3v) is 13.7. The van der Waals surface area contributed by atoms with E-state index in [1.165, 1.54) is 44.6 Å². The zero-order valence-corrected chi connectivity index (χ0v) is 41.8. The van der Waals surface area contributed by atoms with E-state index in [0.29, 0.717) is 0 Å². The maximum absolute atomic E-state index is 6.89. The molecule has 0 saturated carbocycles. The zero-order valence-electron chi connectivity index (χ0n) is 41.8. The van der Waals surface area contributed by atoms with E-state index >= 15 is 0 Å². The highest BCUT2D eigenvalue weighted by Crippen LogP contribution is 2.41. The highest BCUT2D eigenvalue weighted by atomic mass is 16.5. The van der Waals surface area contributed by atoms with Crippen LogP contribution in [-0.4, -0.2) is 14.1 Å². The molecule has 0 aliphatic rings. The van der Waals surface area contributed by atoms with Crippen LogP contribution in [0.25, 0.3) is 39.0 Å². The predicted molar refractivity (Wildman–Crippen MR) is 278 cm³/mol. The Morgan fingerprint density at radius 2 is 1.07 bits per heavy atom. The Morgan fingerprint density at radius 3 is 1.70 bits per heavy atom. The fraction of sp³-hybridized carbons (Fsp3) is 0.290. The van der Waals surface area contributed by atoms with Crippen molar-refractivity contribution in [2.75, 3.05) is 0 Å². The monoisotopic (exact) mass is 883 g/mol. The molecular weight excluding hydrogens is 817 g/mol. The third kappa shape index (κ3) is 8.50. The zero-order chi connectivity index (χ0) is 47.7. The number of benzene rings is 6. The lowest BCUT2D eigenvalue weighted by Gasteiger charge is -2.30. The van der Waals surface area contributed by atoms with Crippen LogP contribution in [0.5, 0.6) is 11.5 Å². The minimum Gasteiger partial charge on any atom is -0.458 e. The van der Waals surface area contributed by atoms with Crippen molar-refractivity contribution in [2.24, 2.45) is 0 Å². The maximum atomic E-state index is 6.89. The molecule has 9 rings (SSSR count). The summed E-state index contributed by atoms with van der Waals surface area (Å²) >= 11 is 0. The second kappa shape index (κ2) is 16.6. The summed E-state index contributed by atoms with van der Waals surface area (Å²) in [5, 5.41) is 2.33. The number of ether oxygens (including phenoxy) is 1. The van der Waals surface area contributed by atoms with E-state index in [1.54, 1.807) is 0 Å². The molecule has 0 fully saturated rings. The summed E-state index contributed by atoms with van der Waals surface area (Å²) in [6, 6.07) is 56.7. The van der Waals surface area contributed by atoms with Crippen LogP contribution in [0.2, 0.25) is 0 Å². The van der Waals surface area contributed by atoms with E-state index < -0.39 is 0 Å². The molecule has 0 amide bonds. The molecule has 0 aliphatic carbocycles. The van der Waals surface area contributed by atoms with E-state index in [-0.39, 0.29) is 27.1 Å². The first-order chi connectivity index (χ1) is 31.6. The number of imidazole rings is 1. The van der Waals surface area contributed by atoms with Crippen LogP contribution < -0.4 is 9.30 Å². The average Bonchev–Trinajstić information content (AvgIpc) is 3.87. The average molecular weight is 883 g/mol. The lowest BCUT2D eigenvalue weighted by Crippen LogP contribution is -2.41. The predicted octanol–water partition coefficient (Wildman–Crippen LogP) is 15.4. The minimum atomic E-state index is -0.213. The third-order valence-electron chi connectivity index (χ3n) is 13.7. The SMILES string of the molecule is CC(C)(C)c1ccnc(-n2c3ccc(C(C)(C)c4ccccc4)cc3c3ccc(Oc4cccc(-n5[c-][n+](-c6cccc(C(C)(C)c7ccccc7)c6)c(C(C)(C)C)c5C(C)(C)C)c4)cc32)c1. The molecular formula is C62H66N4O. The van der Waals surface area contributed by atoms with Gasteiger partial charge in [-0.1, -0.05) is 175 Å². The van der Waals surface area contributed by atoms with Gasteiger partial charge >= 0.3 is 0 Å². The first-order valence-corrected chi connectivity index (χ1v) is 23.8. The van der Waals surface area contributed by atoms with E-state index in [2.05, 4.69) is 262 Å². The van der Waals surface area contributed by atoms with E-state index in [1.807, 2.05) is 12.3 Å². The number of fused-ring (bicyclic) bond motifs is 3. The van der Waals surface area contributed by atoms with Gasteiger partial charge in [-0.2, -0.15) is 0 Å². The van der Waals surface area contributed by atoms with Crippen LogP contribution in [-0.2, 0) is 27.1 Å². The molecule has 340 valence electrons. The number of pyridine rings is 1. The molecule has 0 N–H and O–H groups in total.